The predicted molar refractivity (Wildman–Crippen MR) is 260 cm³/mol. The molecule has 2 aliphatic rings. The van der Waals surface area contributed by atoms with Gasteiger partial charge in [0.15, 0.2) is 11.7 Å². The number of aromatic nitrogens is 1. The van der Waals surface area contributed by atoms with E-state index in [0.717, 1.165) is 49.9 Å². The van der Waals surface area contributed by atoms with Gasteiger partial charge in [0.1, 0.15) is 28.8 Å². The number of carbonyl (C=O) groups is 4. The molecule has 0 radical (unpaired) electrons. The zero-order valence-electron chi connectivity index (χ0n) is 37.8. The van der Waals surface area contributed by atoms with E-state index in [-0.39, 0.29) is 30.3 Å². The van der Waals surface area contributed by atoms with Gasteiger partial charge in [0.2, 0.25) is 11.8 Å². The van der Waals surface area contributed by atoms with Crippen LogP contribution in [0.3, 0.4) is 0 Å². The Balaban J connectivity index is 0.812. The van der Waals surface area contributed by atoms with Gasteiger partial charge in [-0.25, -0.2) is 4.98 Å². The van der Waals surface area contributed by atoms with Crippen LogP contribution in [0, 0.1) is 18.3 Å². The summed E-state index contributed by atoms with van der Waals surface area (Å²) in [6.45, 7) is 4.58. The molecule has 14 nitrogen and oxygen atoms in total. The number of rotatable bonds is 14. The molecule has 0 aliphatic carbocycles. The van der Waals surface area contributed by atoms with E-state index in [9.17, 15) is 42.7 Å². The number of benzene rings is 5. The van der Waals surface area contributed by atoms with Crippen LogP contribution in [0.5, 0.6) is 17.2 Å². The van der Waals surface area contributed by atoms with Gasteiger partial charge in [0.25, 0.3) is 11.8 Å². The molecule has 358 valence electrons. The number of likely N-dealkylation sites (tertiary alicyclic amines) is 1. The molecule has 70 heavy (non-hydrogen) atoms. The minimum absolute atomic E-state index is 0.0127. The lowest BCUT2D eigenvalue weighted by Gasteiger charge is -2.29. The minimum Gasteiger partial charge on any atom is -0.484 e. The molecule has 3 heterocycles. The van der Waals surface area contributed by atoms with Crippen LogP contribution in [0.1, 0.15) is 42.7 Å². The third-order valence-corrected chi connectivity index (χ3v) is 13.2. The Morgan fingerprint density at radius 2 is 1.56 bits per heavy atom. The number of hydrogen-bond acceptors (Lipinski definition) is 11. The van der Waals surface area contributed by atoms with Gasteiger partial charge in [-0.15, -0.1) is 11.3 Å². The molecule has 5 aromatic carbocycles. The fourth-order valence-electron chi connectivity index (χ4n) is 8.21. The fourth-order valence-corrected chi connectivity index (χ4v) is 9.55. The van der Waals surface area contributed by atoms with Crippen molar-refractivity contribution in [2.45, 2.75) is 57.6 Å². The summed E-state index contributed by atoms with van der Waals surface area (Å²) >= 11 is 7.22. The van der Waals surface area contributed by atoms with Crippen molar-refractivity contribution in [2.75, 3.05) is 29.5 Å². The number of halogens is 3. The van der Waals surface area contributed by atoms with Crippen LogP contribution in [0.2, 0.25) is 0 Å². The van der Waals surface area contributed by atoms with Crippen molar-refractivity contribution in [3.63, 3.8) is 0 Å². The number of nitrogens with one attached hydrogen (secondary N) is 2. The summed E-state index contributed by atoms with van der Waals surface area (Å²) in [7, 11) is 0. The Morgan fingerprint density at radius 1 is 0.900 bits per heavy atom. The van der Waals surface area contributed by atoms with Crippen molar-refractivity contribution in [3.8, 4) is 44.9 Å². The van der Waals surface area contributed by atoms with Gasteiger partial charge in [0.05, 0.1) is 51.6 Å². The van der Waals surface area contributed by atoms with Gasteiger partial charge in [-0.2, -0.15) is 18.4 Å². The average molecular weight is 988 g/mol. The van der Waals surface area contributed by atoms with Gasteiger partial charge in [-0.1, -0.05) is 54.6 Å². The molecule has 2 atom stereocenters. The topological polar surface area (TPSA) is 177 Å². The molecule has 2 fully saturated rings. The van der Waals surface area contributed by atoms with Crippen molar-refractivity contribution >= 4 is 63.7 Å². The Hall–Kier alpha value is -7.66. The number of carbonyl (C=O) groups excluding carboxylic acids is 4. The van der Waals surface area contributed by atoms with Crippen molar-refractivity contribution in [2.24, 2.45) is 0 Å². The van der Waals surface area contributed by atoms with Gasteiger partial charge in [-0.3, -0.25) is 24.1 Å². The van der Waals surface area contributed by atoms with Crippen LogP contribution < -0.4 is 29.9 Å². The molecule has 1 aromatic heterocycles. The lowest BCUT2D eigenvalue weighted by molar-refractivity contribution is -0.139. The smallest absolute Gasteiger partial charge is 0.417 e. The molecule has 6 aromatic rings. The maximum atomic E-state index is 13.8. The summed E-state index contributed by atoms with van der Waals surface area (Å²) in [5, 5.41) is 25.0. The van der Waals surface area contributed by atoms with E-state index >= 15 is 0 Å². The summed E-state index contributed by atoms with van der Waals surface area (Å²) in [6, 6.07) is 32.5. The number of β-amino-alcohol motifs (C(OH)–C–C–N with tert-alkyl or cyclic N) is 1. The second-order valence-electron chi connectivity index (χ2n) is 17.0. The summed E-state index contributed by atoms with van der Waals surface area (Å²) in [4.78, 5) is 62.0. The van der Waals surface area contributed by atoms with Crippen molar-refractivity contribution in [1.29, 1.82) is 5.26 Å². The van der Waals surface area contributed by atoms with Crippen LogP contribution in [0.4, 0.5) is 24.5 Å². The number of alkyl halides is 3. The molecular weight excluding hydrogens is 944 g/mol. The molecule has 4 amide bonds. The summed E-state index contributed by atoms with van der Waals surface area (Å²) in [6.07, 6.45) is -5.63. The number of thiazole rings is 1. The Labute approximate surface area is 409 Å². The Bertz CT molecular complexity index is 3010. The second-order valence-corrected chi connectivity index (χ2v) is 18.2. The molecular formula is C51H44F3N7O7S2. The highest BCUT2D eigenvalue weighted by atomic mass is 32.1. The van der Waals surface area contributed by atoms with E-state index in [1.54, 1.807) is 90.2 Å². The molecule has 0 saturated carbocycles. The van der Waals surface area contributed by atoms with Crippen LogP contribution >= 0.6 is 23.6 Å². The lowest BCUT2D eigenvalue weighted by atomic mass is 10.0. The first-order valence-corrected chi connectivity index (χ1v) is 23.1. The Morgan fingerprint density at radius 3 is 2.21 bits per heavy atom. The van der Waals surface area contributed by atoms with Crippen LogP contribution in [-0.4, -0.2) is 81.1 Å². The zero-order chi connectivity index (χ0) is 49.9. The predicted octanol–water partition coefficient (Wildman–Crippen LogP) is 8.16. The number of aliphatic hydroxyl groups is 1. The number of aryl methyl sites for hydroxylation is 1. The highest BCUT2D eigenvalue weighted by Crippen LogP contribution is 2.40. The first-order valence-electron chi connectivity index (χ1n) is 21.8. The highest BCUT2D eigenvalue weighted by Gasteiger charge is 2.51. The van der Waals surface area contributed by atoms with E-state index in [0.29, 0.717) is 22.9 Å². The number of anilines is 2. The third-order valence-electron chi connectivity index (χ3n) is 11.8. The number of ether oxygens (including phenoxy) is 2. The highest BCUT2D eigenvalue weighted by molar-refractivity contribution is 7.81. The normalized spacial score (nSPS) is 16.5. The minimum atomic E-state index is -4.81. The molecule has 0 bridgehead atoms. The van der Waals surface area contributed by atoms with Crippen molar-refractivity contribution in [1.82, 2.24) is 20.5 Å². The molecule has 2 saturated heterocycles. The summed E-state index contributed by atoms with van der Waals surface area (Å²) in [5.41, 5.74) is 3.76. The van der Waals surface area contributed by atoms with Gasteiger partial charge < -0.3 is 35.0 Å². The SMILES string of the molecule is Cc1ncsc1-c1ccc(CNC(=O)[C@@H]2C[C@@H](O)CN2C(=O)CNC(=O)COc2cccc(Oc3ccc(-c4ccc(N5C(=S)N(c6ccc(C#N)c(C(F)(F)F)c6)C(=O)C5(C)C)cc4)cc3)c2)cc1. The first-order chi connectivity index (χ1) is 33.4. The van der Waals surface area contributed by atoms with Crippen LogP contribution in [-0.2, 0) is 31.9 Å². The number of nitrogens with zero attached hydrogens (tertiary/aromatic N) is 5. The summed E-state index contributed by atoms with van der Waals surface area (Å²) in [5.74, 6) is -0.776. The maximum Gasteiger partial charge on any atom is 0.417 e. The number of nitriles is 1. The standard InChI is InChI=1S/C51H44F3N7O7S2/c1-30-46(70-29-58-30)34-9-7-31(8-10-34)25-57-47(65)43-22-38(62)27-59(43)45(64)26-56-44(63)28-67-40-5-4-6-41(23-40)68-39-19-14-33(15-20-39)32-11-16-36(17-12-32)61-49(69)60(48(66)50(61,2)3)37-18-13-35(24-55)42(21-37)51(52,53)54/h4-21,23,29,38,43,62H,22,25-28H2,1-3H3,(H,56,63)(H,57,65)/t38-,43+/m1/s1. The quantitative estimate of drug-likeness (QED) is 0.0898. The van der Waals surface area contributed by atoms with Crippen LogP contribution in [0.15, 0.2) is 121 Å². The van der Waals surface area contributed by atoms with E-state index in [1.165, 1.54) is 11.0 Å². The Kier molecular flexibility index (Phi) is 14.0. The molecule has 3 N–H and O–H groups in total. The molecule has 19 heteroatoms. The monoisotopic (exact) mass is 987 g/mol. The molecule has 8 rings (SSSR count). The average Bonchev–Trinajstić information content (AvgIpc) is 4.01. The van der Waals surface area contributed by atoms with Crippen molar-refractivity contribution < 1.29 is 46.9 Å². The van der Waals surface area contributed by atoms with Gasteiger partial charge in [0, 0.05) is 31.3 Å². The van der Waals surface area contributed by atoms with Crippen molar-refractivity contribution in [3.05, 3.63) is 143 Å². The number of aliphatic hydroxyl groups excluding tert-OH is 1. The van der Waals surface area contributed by atoms with E-state index in [2.05, 4.69) is 15.6 Å². The van der Waals surface area contributed by atoms with Crippen LogP contribution in [0.25, 0.3) is 21.6 Å². The van der Waals surface area contributed by atoms with E-state index in [1.807, 2.05) is 55.5 Å². The van der Waals surface area contributed by atoms with Gasteiger partial charge >= 0.3 is 6.18 Å². The lowest BCUT2D eigenvalue weighted by Crippen LogP contribution is -2.49. The fraction of sp³-hybridized carbons (Fsp3) is 0.235. The summed E-state index contributed by atoms with van der Waals surface area (Å²) < 4.78 is 53.1. The number of hydrogen-bond donors (Lipinski definition) is 3. The second kappa shape index (κ2) is 20.1. The van der Waals surface area contributed by atoms with E-state index in [4.69, 9.17) is 21.7 Å². The molecule has 0 unspecified atom stereocenters. The first kappa shape index (κ1) is 48.8. The van der Waals surface area contributed by atoms with E-state index < -0.39 is 71.8 Å². The number of thiocarbonyl (C=S) groups is 1. The zero-order valence-corrected chi connectivity index (χ0v) is 39.5. The molecule has 2 aliphatic heterocycles. The largest absolute Gasteiger partial charge is 0.484 e. The maximum absolute atomic E-state index is 13.8. The third kappa shape index (κ3) is 10.5. The number of amides is 4. The molecule has 0 spiro atoms. The van der Waals surface area contributed by atoms with Gasteiger partial charge in [-0.05, 0) is 110 Å².